The lowest BCUT2D eigenvalue weighted by molar-refractivity contribution is 0.390. The van der Waals surface area contributed by atoms with Gasteiger partial charge in [-0.05, 0) is 30.3 Å². The van der Waals surface area contributed by atoms with E-state index in [1.165, 1.54) is 19.2 Å². The Morgan fingerprint density at radius 3 is 2.19 bits per heavy atom. The van der Waals surface area contributed by atoms with Crippen molar-refractivity contribution in [3.05, 3.63) is 53.3 Å². The maximum Gasteiger partial charge on any atom is 0.127 e. The summed E-state index contributed by atoms with van der Waals surface area (Å²) in [7, 11) is 4.64. The van der Waals surface area contributed by atoms with Gasteiger partial charge in [0.25, 0.3) is 0 Å². The van der Waals surface area contributed by atoms with Crippen LogP contribution in [0.25, 0.3) is 0 Å². The Morgan fingerprint density at radius 1 is 0.857 bits per heavy atom. The van der Waals surface area contributed by atoms with Crippen LogP contribution in [0.5, 0.6) is 17.2 Å². The van der Waals surface area contributed by atoms with E-state index < -0.39 is 5.38 Å². The van der Waals surface area contributed by atoms with Gasteiger partial charge in [-0.25, -0.2) is 4.39 Å². The number of benzene rings is 2. The zero-order valence-electron chi connectivity index (χ0n) is 12.0. The summed E-state index contributed by atoms with van der Waals surface area (Å²) in [6.45, 7) is 0. The first-order valence-electron chi connectivity index (χ1n) is 6.30. The van der Waals surface area contributed by atoms with Gasteiger partial charge < -0.3 is 14.2 Å². The smallest absolute Gasteiger partial charge is 0.127 e. The topological polar surface area (TPSA) is 27.7 Å². The van der Waals surface area contributed by atoms with Gasteiger partial charge in [-0.2, -0.15) is 0 Å². The fraction of sp³-hybridized carbons (Fsp3) is 0.250. The number of hydrogen-bond donors (Lipinski definition) is 0. The molecule has 112 valence electrons. The summed E-state index contributed by atoms with van der Waals surface area (Å²) in [5, 5.41) is -0.600. The number of hydrogen-bond acceptors (Lipinski definition) is 3. The highest BCUT2D eigenvalue weighted by atomic mass is 35.5. The molecule has 0 saturated carbocycles. The fourth-order valence-corrected chi connectivity index (χ4v) is 2.45. The summed E-state index contributed by atoms with van der Waals surface area (Å²) >= 11 is 6.50. The van der Waals surface area contributed by atoms with Crippen LogP contribution < -0.4 is 14.2 Å². The molecule has 0 aliphatic heterocycles. The molecule has 2 aromatic rings. The molecule has 0 saturated heterocycles. The highest BCUT2D eigenvalue weighted by Gasteiger charge is 2.20. The predicted octanol–water partition coefficient (Wildman–Crippen LogP) is 4.18. The van der Waals surface area contributed by atoms with E-state index in [9.17, 15) is 4.39 Å². The van der Waals surface area contributed by atoms with Crippen LogP contribution in [-0.2, 0) is 0 Å². The molecule has 1 unspecified atom stereocenters. The Labute approximate surface area is 128 Å². The summed E-state index contributed by atoms with van der Waals surface area (Å²) in [6.07, 6.45) is 0. The minimum absolute atomic E-state index is 0.371. The number of halogens is 2. The third kappa shape index (κ3) is 3.22. The first-order valence-corrected chi connectivity index (χ1v) is 6.73. The minimum Gasteiger partial charge on any atom is -0.497 e. The lowest BCUT2D eigenvalue weighted by Gasteiger charge is -2.17. The van der Waals surface area contributed by atoms with Crippen molar-refractivity contribution in [2.24, 2.45) is 0 Å². The largest absolute Gasteiger partial charge is 0.497 e. The molecular formula is C16H16ClFO3. The zero-order valence-corrected chi connectivity index (χ0v) is 12.8. The Balaban J connectivity index is 2.49. The van der Waals surface area contributed by atoms with Crippen LogP contribution in [-0.4, -0.2) is 21.3 Å². The van der Waals surface area contributed by atoms with Crippen LogP contribution in [0.1, 0.15) is 16.5 Å². The fourth-order valence-electron chi connectivity index (χ4n) is 2.10. The molecule has 0 bridgehead atoms. The standard InChI is InChI=1S/C16H16ClFO3/c1-19-11-5-6-12(15(9-11)21-3)16(17)13-8-10(18)4-7-14(13)20-2/h4-9,16H,1-3H3. The Kier molecular flexibility index (Phi) is 4.91. The highest BCUT2D eigenvalue weighted by molar-refractivity contribution is 6.23. The SMILES string of the molecule is COc1ccc(C(Cl)c2cc(F)ccc2OC)c(OC)c1. The van der Waals surface area contributed by atoms with E-state index in [0.29, 0.717) is 28.4 Å². The monoisotopic (exact) mass is 310 g/mol. The molecule has 0 aliphatic carbocycles. The average Bonchev–Trinajstić information content (AvgIpc) is 2.53. The lowest BCUT2D eigenvalue weighted by Crippen LogP contribution is -2.01. The number of ether oxygens (including phenoxy) is 3. The molecule has 3 nitrogen and oxygen atoms in total. The first-order chi connectivity index (χ1) is 10.1. The van der Waals surface area contributed by atoms with Crippen molar-refractivity contribution in [2.45, 2.75) is 5.38 Å². The normalized spacial score (nSPS) is 11.9. The predicted molar refractivity (Wildman–Crippen MR) is 80.2 cm³/mol. The van der Waals surface area contributed by atoms with Crippen molar-refractivity contribution in [3.63, 3.8) is 0 Å². The molecule has 1 atom stereocenters. The second-order valence-electron chi connectivity index (χ2n) is 4.36. The van der Waals surface area contributed by atoms with Gasteiger partial charge in [0.15, 0.2) is 0 Å². The van der Waals surface area contributed by atoms with Crippen molar-refractivity contribution in [3.8, 4) is 17.2 Å². The Morgan fingerprint density at radius 2 is 1.57 bits per heavy atom. The summed E-state index contributed by atoms with van der Waals surface area (Å²) < 4.78 is 29.2. The van der Waals surface area contributed by atoms with E-state index >= 15 is 0 Å². The van der Waals surface area contributed by atoms with Gasteiger partial charge in [0.05, 0.1) is 26.7 Å². The van der Waals surface area contributed by atoms with Crippen molar-refractivity contribution >= 4 is 11.6 Å². The van der Waals surface area contributed by atoms with Crippen molar-refractivity contribution in [1.82, 2.24) is 0 Å². The molecule has 0 spiro atoms. The number of alkyl halides is 1. The van der Waals surface area contributed by atoms with E-state index in [1.54, 1.807) is 38.5 Å². The second kappa shape index (κ2) is 6.68. The molecule has 0 fully saturated rings. The van der Waals surface area contributed by atoms with Gasteiger partial charge in [-0.3, -0.25) is 0 Å². The van der Waals surface area contributed by atoms with Gasteiger partial charge in [0.2, 0.25) is 0 Å². The van der Waals surface area contributed by atoms with Crippen LogP contribution in [0.4, 0.5) is 4.39 Å². The van der Waals surface area contributed by atoms with Crippen molar-refractivity contribution < 1.29 is 18.6 Å². The quantitative estimate of drug-likeness (QED) is 0.775. The lowest BCUT2D eigenvalue weighted by atomic mass is 10.0. The molecule has 0 amide bonds. The summed E-state index contributed by atoms with van der Waals surface area (Å²) in [6, 6.07) is 9.54. The van der Waals surface area contributed by atoms with Crippen LogP contribution in [0.3, 0.4) is 0 Å². The van der Waals surface area contributed by atoms with Crippen LogP contribution in [0.2, 0.25) is 0 Å². The molecule has 0 radical (unpaired) electrons. The van der Waals surface area contributed by atoms with Gasteiger partial charge in [0.1, 0.15) is 23.1 Å². The summed E-state index contributed by atoms with van der Waals surface area (Å²) in [4.78, 5) is 0. The van der Waals surface area contributed by atoms with Gasteiger partial charge in [0, 0.05) is 17.2 Å². The van der Waals surface area contributed by atoms with Gasteiger partial charge in [-0.15, -0.1) is 11.6 Å². The number of rotatable bonds is 5. The molecule has 21 heavy (non-hydrogen) atoms. The third-order valence-corrected chi connectivity index (χ3v) is 3.65. The summed E-state index contributed by atoms with van der Waals surface area (Å²) in [5.74, 6) is 1.38. The van der Waals surface area contributed by atoms with E-state index in [4.69, 9.17) is 25.8 Å². The molecule has 2 rings (SSSR count). The van der Waals surface area contributed by atoms with Gasteiger partial charge in [-0.1, -0.05) is 0 Å². The number of methoxy groups -OCH3 is 3. The van der Waals surface area contributed by atoms with Crippen molar-refractivity contribution in [1.29, 1.82) is 0 Å². The molecule has 0 heterocycles. The van der Waals surface area contributed by atoms with Crippen LogP contribution in [0.15, 0.2) is 36.4 Å². The zero-order chi connectivity index (χ0) is 15.4. The summed E-state index contributed by atoms with van der Waals surface area (Å²) in [5.41, 5.74) is 1.26. The minimum atomic E-state index is -0.600. The third-order valence-electron chi connectivity index (χ3n) is 3.18. The maximum absolute atomic E-state index is 13.5. The molecular weight excluding hydrogens is 295 g/mol. The molecule has 0 N–H and O–H groups in total. The maximum atomic E-state index is 13.5. The average molecular weight is 311 g/mol. The van der Waals surface area contributed by atoms with Gasteiger partial charge >= 0.3 is 0 Å². The Bertz CT molecular complexity index is 631. The van der Waals surface area contributed by atoms with E-state index in [2.05, 4.69) is 0 Å². The molecule has 0 aliphatic rings. The second-order valence-corrected chi connectivity index (χ2v) is 4.79. The van der Waals surface area contributed by atoms with Crippen molar-refractivity contribution in [2.75, 3.05) is 21.3 Å². The Hall–Kier alpha value is -1.94. The highest BCUT2D eigenvalue weighted by Crippen LogP contribution is 2.40. The first kappa shape index (κ1) is 15.4. The van der Waals surface area contributed by atoms with Crippen LogP contribution in [0, 0.1) is 5.82 Å². The van der Waals surface area contributed by atoms with E-state index in [1.807, 2.05) is 0 Å². The molecule has 5 heteroatoms. The molecule has 2 aromatic carbocycles. The van der Waals surface area contributed by atoms with E-state index in [0.717, 1.165) is 0 Å². The van der Waals surface area contributed by atoms with E-state index in [-0.39, 0.29) is 5.82 Å². The van der Waals surface area contributed by atoms with Crippen LogP contribution >= 0.6 is 11.6 Å². The molecule has 0 aromatic heterocycles.